The average molecular weight is 356 g/mol. The molecule has 0 atom stereocenters. The van der Waals surface area contributed by atoms with Gasteiger partial charge in [-0.3, -0.25) is 9.59 Å². The largest absolute Gasteiger partial charge is 0.497 e. The van der Waals surface area contributed by atoms with Crippen molar-refractivity contribution in [3.8, 4) is 5.75 Å². The number of ether oxygens (including phenoxy) is 2. The zero-order chi connectivity index (χ0) is 19.1. The topological polar surface area (TPSA) is 76.7 Å². The van der Waals surface area contributed by atoms with Gasteiger partial charge >= 0.3 is 0 Å². The predicted octanol–water partition coefficient (Wildman–Crippen LogP) is 2.94. The van der Waals surface area contributed by atoms with Gasteiger partial charge in [-0.15, -0.1) is 0 Å². The molecule has 0 radical (unpaired) electrons. The SMILES string of the molecule is COCCNC(=O)c1cccc(NC(=O)c2ccc(OC)cc2C)c1C. The van der Waals surface area contributed by atoms with Crippen LogP contribution in [0.2, 0.25) is 0 Å². The standard InChI is InChI=1S/C20H24N2O4/c1-13-12-15(26-4)8-9-16(13)20(24)22-18-7-5-6-17(14(18)2)19(23)21-10-11-25-3/h5-9,12H,10-11H2,1-4H3,(H,21,23)(H,22,24). The highest BCUT2D eigenvalue weighted by molar-refractivity contribution is 6.07. The maximum absolute atomic E-state index is 12.6. The van der Waals surface area contributed by atoms with Gasteiger partial charge in [-0.2, -0.15) is 0 Å². The van der Waals surface area contributed by atoms with Gasteiger partial charge in [0.2, 0.25) is 0 Å². The fourth-order valence-electron chi connectivity index (χ4n) is 2.59. The Bertz CT molecular complexity index is 802. The Labute approximate surface area is 153 Å². The zero-order valence-corrected chi connectivity index (χ0v) is 15.5. The van der Waals surface area contributed by atoms with Gasteiger partial charge in [0.25, 0.3) is 11.8 Å². The van der Waals surface area contributed by atoms with Gasteiger partial charge in [-0.1, -0.05) is 6.07 Å². The molecule has 2 aromatic carbocycles. The van der Waals surface area contributed by atoms with E-state index in [1.54, 1.807) is 50.6 Å². The summed E-state index contributed by atoms with van der Waals surface area (Å²) in [4.78, 5) is 24.9. The van der Waals surface area contributed by atoms with Gasteiger partial charge in [0.05, 0.1) is 13.7 Å². The summed E-state index contributed by atoms with van der Waals surface area (Å²) in [6.07, 6.45) is 0. The minimum atomic E-state index is -0.231. The van der Waals surface area contributed by atoms with Crippen LogP contribution in [0.5, 0.6) is 5.75 Å². The van der Waals surface area contributed by atoms with Gasteiger partial charge < -0.3 is 20.1 Å². The van der Waals surface area contributed by atoms with E-state index < -0.39 is 0 Å². The number of hydrogen-bond acceptors (Lipinski definition) is 4. The van der Waals surface area contributed by atoms with Gasteiger partial charge in [-0.25, -0.2) is 0 Å². The van der Waals surface area contributed by atoms with Gasteiger partial charge in [-0.05, 0) is 55.3 Å². The minimum Gasteiger partial charge on any atom is -0.497 e. The van der Waals surface area contributed by atoms with Crippen LogP contribution in [0.4, 0.5) is 5.69 Å². The van der Waals surface area contributed by atoms with Crippen LogP contribution in [0.1, 0.15) is 31.8 Å². The van der Waals surface area contributed by atoms with Crippen LogP contribution >= 0.6 is 0 Å². The lowest BCUT2D eigenvalue weighted by Crippen LogP contribution is -2.27. The number of hydrogen-bond donors (Lipinski definition) is 2. The third-order valence-electron chi connectivity index (χ3n) is 4.10. The van der Waals surface area contributed by atoms with Crippen LogP contribution in [0.15, 0.2) is 36.4 Å². The molecule has 2 amide bonds. The molecule has 0 aliphatic carbocycles. The summed E-state index contributed by atoms with van der Waals surface area (Å²) in [5, 5.41) is 5.67. The predicted molar refractivity (Wildman–Crippen MR) is 101 cm³/mol. The molecule has 0 fully saturated rings. The summed E-state index contributed by atoms with van der Waals surface area (Å²) < 4.78 is 10.1. The Morgan fingerprint density at radius 1 is 1.00 bits per heavy atom. The molecule has 2 rings (SSSR count). The van der Waals surface area contributed by atoms with Crippen molar-refractivity contribution in [3.63, 3.8) is 0 Å². The molecule has 0 saturated carbocycles. The lowest BCUT2D eigenvalue weighted by molar-refractivity contribution is 0.0935. The number of carbonyl (C=O) groups excluding carboxylic acids is 2. The van der Waals surface area contributed by atoms with E-state index in [0.29, 0.717) is 41.3 Å². The number of carbonyl (C=O) groups is 2. The molecule has 26 heavy (non-hydrogen) atoms. The molecule has 6 heteroatoms. The number of benzene rings is 2. The number of anilines is 1. The van der Waals surface area contributed by atoms with Gasteiger partial charge in [0.1, 0.15) is 5.75 Å². The monoisotopic (exact) mass is 356 g/mol. The van der Waals surface area contributed by atoms with Crippen LogP contribution in [0.25, 0.3) is 0 Å². The van der Waals surface area contributed by atoms with Crippen LogP contribution < -0.4 is 15.4 Å². The van der Waals surface area contributed by atoms with Crippen molar-refractivity contribution in [3.05, 3.63) is 58.7 Å². The first-order valence-corrected chi connectivity index (χ1v) is 8.30. The summed E-state index contributed by atoms with van der Waals surface area (Å²) in [7, 11) is 3.16. The fourth-order valence-corrected chi connectivity index (χ4v) is 2.59. The van der Waals surface area contributed by atoms with Crippen LogP contribution in [-0.2, 0) is 4.74 Å². The first kappa shape index (κ1) is 19.5. The number of methoxy groups -OCH3 is 2. The zero-order valence-electron chi connectivity index (χ0n) is 15.5. The summed E-state index contributed by atoms with van der Waals surface area (Å²) in [6.45, 7) is 4.53. The minimum absolute atomic E-state index is 0.198. The van der Waals surface area contributed by atoms with Gasteiger partial charge in [0.15, 0.2) is 0 Å². The average Bonchev–Trinajstić information content (AvgIpc) is 2.63. The smallest absolute Gasteiger partial charge is 0.255 e. The summed E-state index contributed by atoms with van der Waals surface area (Å²) in [5.41, 5.74) is 3.20. The first-order valence-electron chi connectivity index (χ1n) is 8.30. The molecule has 0 unspecified atom stereocenters. The third-order valence-corrected chi connectivity index (χ3v) is 4.10. The highest BCUT2D eigenvalue weighted by Gasteiger charge is 2.15. The van der Waals surface area contributed by atoms with E-state index in [1.807, 2.05) is 13.8 Å². The summed E-state index contributed by atoms with van der Waals surface area (Å²) in [5.74, 6) is 0.270. The number of amides is 2. The van der Waals surface area contributed by atoms with Crippen molar-refractivity contribution in [1.82, 2.24) is 5.32 Å². The first-order chi connectivity index (χ1) is 12.5. The maximum Gasteiger partial charge on any atom is 0.255 e. The number of rotatable bonds is 7. The lowest BCUT2D eigenvalue weighted by Gasteiger charge is -2.14. The van der Waals surface area contributed by atoms with Crippen molar-refractivity contribution in [2.24, 2.45) is 0 Å². The molecule has 0 saturated heterocycles. The van der Waals surface area contributed by atoms with E-state index in [2.05, 4.69) is 10.6 Å². The molecular weight excluding hydrogens is 332 g/mol. The van der Waals surface area contributed by atoms with E-state index in [4.69, 9.17) is 9.47 Å². The molecule has 2 N–H and O–H groups in total. The number of aryl methyl sites for hydroxylation is 1. The molecule has 2 aromatic rings. The second kappa shape index (κ2) is 9.01. The fraction of sp³-hybridized carbons (Fsp3) is 0.300. The van der Waals surface area contributed by atoms with E-state index >= 15 is 0 Å². The van der Waals surface area contributed by atoms with Crippen molar-refractivity contribution in [2.45, 2.75) is 13.8 Å². The Balaban J connectivity index is 2.18. The van der Waals surface area contributed by atoms with Crippen molar-refractivity contribution in [1.29, 1.82) is 0 Å². The Morgan fingerprint density at radius 2 is 1.77 bits per heavy atom. The van der Waals surface area contributed by atoms with Crippen LogP contribution in [-0.4, -0.2) is 39.2 Å². The Kier molecular flexibility index (Phi) is 6.74. The third kappa shape index (κ3) is 4.61. The molecular formula is C20H24N2O4. The van der Waals surface area contributed by atoms with E-state index in [-0.39, 0.29) is 11.8 Å². The molecule has 0 aliphatic rings. The van der Waals surface area contributed by atoms with Gasteiger partial charge in [0, 0.05) is 30.5 Å². The van der Waals surface area contributed by atoms with E-state index in [1.165, 1.54) is 0 Å². The van der Waals surface area contributed by atoms with Crippen molar-refractivity contribution in [2.75, 3.05) is 32.7 Å². The van der Waals surface area contributed by atoms with E-state index in [9.17, 15) is 9.59 Å². The number of nitrogens with one attached hydrogen (secondary N) is 2. The maximum atomic E-state index is 12.6. The highest BCUT2D eigenvalue weighted by atomic mass is 16.5. The molecule has 138 valence electrons. The molecule has 0 aliphatic heterocycles. The second-order valence-electron chi connectivity index (χ2n) is 5.86. The van der Waals surface area contributed by atoms with E-state index in [0.717, 1.165) is 5.56 Å². The quantitative estimate of drug-likeness (QED) is 0.748. The molecule has 0 aromatic heterocycles. The molecule has 0 heterocycles. The summed E-state index contributed by atoms with van der Waals surface area (Å²) >= 11 is 0. The normalized spacial score (nSPS) is 10.3. The van der Waals surface area contributed by atoms with Crippen LogP contribution in [0, 0.1) is 13.8 Å². The summed E-state index contributed by atoms with van der Waals surface area (Å²) in [6, 6.07) is 10.5. The molecule has 0 bridgehead atoms. The molecule has 6 nitrogen and oxygen atoms in total. The van der Waals surface area contributed by atoms with Crippen LogP contribution in [0.3, 0.4) is 0 Å². The highest BCUT2D eigenvalue weighted by Crippen LogP contribution is 2.22. The molecule has 0 spiro atoms. The van der Waals surface area contributed by atoms with Crippen molar-refractivity contribution >= 4 is 17.5 Å². The second-order valence-corrected chi connectivity index (χ2v) is 5.86. The van der Waals surface area contributed by atoms with Crippen molar-refractivity contribution < 1.29 is 19.1 Å². The lowest BCUT2D eigenvalue weighted by atomic mass is 10.0. The Morgan fingerprint density at radius 3 is 2.42 bits per heavy atom. The Hall–Kier alpha value is -2.86.